The fraction of sp³-hybridized carbons (Fsp3) is 0.750. The fourth-order valence-electron chi connectivity index (χ4n) is 2.68. The molecule has 0 saturated heterocycles. The second-order valence-corrected chi connectivity index (χ2v) is 3.98. The molecule has 2 aliphatic carbocycles. The maximum absolute atomic E-state index is 13.2. The molecule has 2 rings (SSSR count). The highest BCUT2D eigenvalue weighted by Gasteiger charge is 2.78. The van der Waals surface area contributed by atoms with Crippen molar-refractivity contribution < 1.29 is 24.2 Å². The quantitative estimate of drug-likeness (QED) is 0.559. The molecular weight excluding hydrogens is 193 g/mol. The van der Waals surface area contributed by atoms with Crippen LogP contribution in [0, 0.1) is 17.8 Å². The predicted molar refractivity (Wildman–Crippen MR) is 42.2 cm³/mol. The summed E-state index contributed by atoms with van der Waals surface area (Å²) in [6.07, 6.45) is -1.57. The lowest BCUT2D eigenvalue weighted by atomic mass is 9.95. The smallest absolute Gasteiger partial charge is 0.308 e. The SMILES string of the molecule is NC12C(C(=O)O)CC(F)C1C2C(=O)O. The molecule has 2 aliphatic rings. The summed E-state index contributed by atoms with van der Waals surface area (Å²) in [6, 6.07) is 0. The van der Waals surface area contributed by atoms with Gasteiger partial charge in [-0.2, -0.15) is 0 Å². The van der Waals surface area contributed by atoms with E-state index in [1.807, 2.05) is 0 Å². The molecule has 0 aromatic rings. The number of aliphatic carboxylic acids is 2. The third-order valence-corrected chi connectivity index (χ3v) is 3.38. The van der Waals surface area contributed by atoms with Crippen molar-refractivity contribution in [3.05, 3.63) is 0 Å². The van der Waals surface area contributed by atoms with Crippen LogP contribution >= 0.6 is 0 Å². The Bertz CT molecular complexity index is 320. The summed E-state index contributed by atoms with van der Waals surface area (Å²) in [4.78, 5) is 21.4. The standard InChI is InChI=1S/C8H10FNO4/c9-3-1-2(6(11)12)8(10)4(3)5(8)7(13)14/h2-5H,1,10H2,(H,11,12)(H,13,14). The molecular formula is C8H10FNO4. The number of carboxylic acids is 2. The van der Waals surface area contributed by atoms with Gasteiger partial charge in [-0.25, -0.2) is 4.39 Å². The first kappa shape index (κ1) is 9.39. The lowest BCUT2D eigenvalue weighted by Gasteiger charge is -2.15. The summed E-state index contributed by atoms with van der Waals surface area (Å²) in [5.74, 6) is -5.33. The minimum absolute atomic E-state index is 0.166. The second kappa shape index (κ2) is 2.44. The number of halogens is 1. The van der Waals surface area contributed by atoms with Crippen LogP contribution in [0.5, 0.6) is 0 Å². The van der Waals surface area contributed by atoms with Crippen molar-refractivity contribution in [1.82, 2.24) is 0 Å². The van der Waals surface area contributed by atoms with Gasteiger partial charge in [0.1, 0.15) is 6.17 Å². The number of nitrogens with two attached hydrogens (primary N) is 1. The van der Waals surface area contributed by atoms with E-state index in [2.05, 4.69) is 0 Å². The molecule has 2 fully saturated rings. The van der Waals surface area contributed by atoms with Crippen LogP contribution in [-0.4, -0.2) is 33.9 Å². The highest BCUT2D eigenvalue weighted by Crippen LogP contribution is 2.63. The monoisotopic (exact) mass is 203 g/mol. The number of hydrogen-bond donors (Lipinski definition) is 3. The van der Waals surface area contributed by atoms with E-state index in [0.29, 0.717) is 0 Å². The lowest BCUT2D eigenvalue weighted by Crippen LogP contribution is -2.39. The zero-order chi connectivity index (χ0) is 10.7. The van der Waals surface area contributed by atoms with Gasteiger partial charge in [0.15, 0.2) is 0 Å². The van der Waals surface area contributed by atoms with Crippen LogP contribution in [0.4, 0.5) is 4.39 Å². The first-order valence-corrected chi connectivity index (χ1v) is 4.29. The van der Waals surface area contributed by atoms with Crippen molar-refractivity contribution in [2.75, 3.05) is 0 Å². The third kappa shape index (κ3) is 0.863. The Kier molecular flexibility index (Phi) is 1.64. The first-order valence-electron chi connectivity index (χ1n) is 4.29. The van der Waals surface area contributed by atoms with Crippen LogP contribution in [0.2, 0.25) is 0 Å². The molecule has 0 radical (unpaired) electrons. The number of rotatable bonds is 2. The molecule has 4 N–H and O–H groups in total. The number of carboxylic acid groups (broad SMARTS) is 2. The molecule has 2 saturated carbocycles. The average molecular weight is 203 g/mol. The van der Waals surface area contributed by atoms with Crippen LogP contribution in [-0.2, 0) is 9.59 Å². The minimum atomic E-state index is -1.40. The van der Waals surface area contributed by atoms with E-state index in [0.717, 1.165) is 0 Å². The third-order valence-electron chi connectivity index (χ3n) is 3.38. The summed E-state index contributed by atoms with van der Waals surface area (Å²) in [5, 5.41) is 17.5. The van der Waals surface area contributed by atoms with E-state index in [1.165, 1.54) is 0 Å². The Balaban J connectivity index is 2.28. The topological polar surface area (TPSA) is 101 Å². The van der Waals surface area contributed by atoms with E-state index in [-0.39, 0.29) is 6.42 Å². The molecule has 6 heteroatoms. The molecule has 78 valence electrons. The van der Waals surface area contributed by atoms with Crippen molar-refractivity contribution in [3.8, 4) is 0 Å². The zero-order valence-corrected chi connectivity index (χ0v) is 7.18. The van der Waals surface area contributed by atoms with Gasteiger partial charge in [0.2, 0.25) is 0 Å². The molecule has 5 nitrogen and oxygen atoms in total. The summed E-state index contributed by atoms with van der Waals surface area (Å²) in [7, 11) is 0. The van der Waals surface area contributed by atoms with Crippen LogP contribution in [0.3, 0.4) is 0 Å². The van der Waals surface area contributed by atoms with Gasteiger partial charge >= 0.3 is 11.9 Å². The lowest BCUT2D eigenvalue weighted by molar-refractivity contribution is -0.144. The van der Waals surface area contributed by atoms with Crippen LogP contribution in [0.1, 0.15) is 6.42 Å². The van der Waals surface area contributed by atoms with Gasteiger partial charge in [-0.15, -0.1) is 0 Å². The van der Waals surface area contributed by atoms with Gasteiger partial charge in [0.05, 0.1) is 11.8 Å². The normalized spacial score (nSPS) is 49.9. The maximum Gasteiger partial charge on any atom is 0.308 e. The van der Waals surface area contributed by atoms with E-state index in [1.54, 1.807) is 0 Å². The Labute approximate surface area is 78.7 Å². The first-order chi connectivity index (χ1) is 6.40. The molecule has 0 heterocycles. The highest BCUT2D eigenvalue weighted by molar-refractivity contribution is 5.83. The summed E-state index contributed by atoms with van der Waals surface area (Å²) >= 11 is 0. The van der Waals surface area contributed by atoms with Crippen molar-refractivity contribution in [2.24, 2.45) is 23.5 Å². The van der Waals surface area contributed by atoms with E-state index >= 15 is 0 Å². The van der Waals surface area contributed by atoms with Crippen molar-refractivity contribution in [3.63, 3.8) is 0 Å². The second-order valence-electron chi connectivity index (χ2n) is 3.98. The Morgan fingerprint density at radius 2 is 1.93 bits per heavy atom. The Morgan fingerprint density at radius 3 is 2.29 bits per heavy atom. The number of fused-ring (bicyclic) bond motifs is 1. The summed E-state index contributed by atoms with van der Waals surface area (Å²) in [5.41, 5.74) is 4.27. The van der Waals surface area contributed by atoms with Gasteiger partial charge in [0.25, 0.3) is 0 Å². The zero-order valence-electron chi connectivity index (χ0n) is 7.18. The summed E-state index contributed by atoms with van der Waals surface area (Å²) in [6.45, 7) is 0. The highest BCUT2D eigenvalue weighted by atomic mass is 19.1. The van der Waals surface area contributed by atoms with E-state index < -0.39 is 41.4 Å². The fourth-order valence-corrected chi connectivity index (χ4v) is 2.68. The average Bonchev–Trinajstić information content (AvgIpc) is 2.60. The molecule has 0 aromatic carbocycles. The van der Waals surface area contributed by atoms with Crippen LogP contribution in [0.25, 0.3) is 0 Å². The van der Waals surface area contributed by atoms with Crippen molar-refractivity contribution in [1.29, 1.82) is 0 Å². The largest absolute Gasteiger partial charge is 0.481 e. The van der Waals surface area contributed by atoms with Crippen LogP contribution in [0.15, 0.2) is 0 Å². The molecule has 5 atom stereocenters. The molecule has 0 amide bonds. The van der Waals surface area contributed by atoms with Crippen LogP contribution < -0.4 is 5.73 Å². The van der Waals surface area contributed by atoms with Crippen molar-refractivity contribution >= 4 is 11.9 Å². The number of hydrogen-bond acceptors (Lipinski definition) is 3. The Hall–Kier alpha value is -1.17. The summed E-state index contributed by atoms with van der Waals surface area (Å²) < 4.78 is 13.2. The van der Waals surface area contributed by atoms with E-state index in [9.17, 15) is 14.0 Å². The molecule has 0 bridgehead atoms. The van der Waals surface area contributed by atoms with Gasteiger partial charge in [-0.1, -0.05) is 0 Å². The van der Waals surface area contributed by atoms with E-state index in [4.69, 9.17) is 15.9 Å². The van der Waals surface area contributed by atoms with Gasteiger partial charge in [-0.3, -0.25) is 9.59 Å². The maximum atomic E-state index is 13.2. The number of carbonyl (C=O) groups is 2. The minimum Gasteiger partial charge on any atom is -0.481 e. The predicted octanol–water partition coefficient (Wildman–Crippen LogP) is -0.543. The van der Waals surface area contributed by atoms with Gasteiger partial charge in [-0.05, 0) is 6.42 Å². The molecule has 0 aliphatic heterocycles. The van der Waals surface area contributed by atoms with Gasteiger partial charge in [0, 0.05) is 11.5 Å². The molecule has 0 aromatic heterocycles. The molecule has 0 spiro atoms. The van der Waals surface area contributed by atoms with Crippen molar-refractivity contribution in [2.45, 2.75) is 18.1 Å². The van der Waals surface area contributed by atoms with Gasteiger partial charge < -0.3 is 15.9 Å². The molecule has 5 unspecified atom stereocenters. The number of alkyl halides is 1. The molecule has 14 heavy (non-hydrogen) atoms. The Morgan fingerprint density at radius 1 is 1.36 bits per heavy atom.